The fourth-order valence-corrected chi connectivity index (χ4v) is 4.77. The van der Waals surface area contributed by atoms with Gasteiger partial charge in [-0.15, -0.1) is 0 Å². The van der Waals surface area contributed by atoms with Crippen LogP contribution in [0.15, 0.2) is 36.4 Å². The first-order valence-electron chi connectivity index (χ1n) is 11.3. The lowest BCUT2D eigenvalue weighted by Crippen LogP contribution is -2.32. The zero-order valence-electron chi connectivity index (χ0n) is 19.1. The van der Waals surface area contributed by atoms with Gasteiger partial charge in [0.15, 0.2) is 29.6 Å². The molecule has 0 aliphatic carbocycles. The molecule has 1 fully saturated rings. The van der Waals surface area contributed by atoms with E-state index in [1.807, 2.05) is 41.3 Å². The van der Waals surface area contributed by atoms with Gasteiger partial charge in [-0.25, -0.2) is 4.98 Å². The SMILES string of the molecule is COc1cc2c(OCC(=O)N3CCCC3)nc3c4cc5c(cc4ccc3c2cc1OC)OCO5. The average Bonchev–Trinajstić information content (AvgIpc) is 3.57. The van der Waals surface area contributed by atoms with Gasteiger partial charge in [-0.05, 0) is 42.5 Å². The van der Waals surface area contributed by atoms with Gasteiger partial charge in [0.2, 0.25) is 12.7 Å². The number of ether oxygens (including phenoxy) is 5. The van der Waals surface area contributed by atoms with Gasteiger partial charge >= 0.3 is 0 Å². The van der Waals surface area contributed by atoms with E-state index < -0.39 is 0 Å². The van der Waals surface area contributed by atoms with Gasteiger partial charge in [0.05, 0.1) is 19.7 Å². The molecular formula is C26H24N2O6. The number of methoxy groups -OCH3 is 2. The monoisotopic (exact) mass is 460 g/mol. The first-order valence-corrected chi connectivity index (χ1v) is 11.3. The minimum atomic E-state index is -0.0704. The van der Waals surface area contributed by atoms with Crippen LogP contribution in [-0.4, -0.2) is 56.5 Å². The van der Waals surface area contributed by atoms with E-state index >= 15 is 0 Å². The first kappa shape index (κ1) is 20.7. The van der Waals surface area contributed by atoms with Crippen molar-refractivity contribution in [3.63, 3.8) is 0 Å². The molecule has 1 amide bonds. The summed E-state index contributed by atoms with van der Waals surface area (Å²) in [4.78, 5) is 19.4. The van der Waals surface area contributed by atoms with E-state index in [-0.39, 0.29) is 19.3 Å². The number of rotatable bonds is 5. The lowest BCUT2D eigenvalue weighted by atomic mass is 10.0. The number of aromatic nitrogens is 1. The van der Waals surface area contributed by atoms with Crippen LogP contribution in [-0.2, 0) is 4.79 Å². The number of hydrogen-bond acceptors (Lipinski definition) is 7. The molecule has 0 radical (unpaired) electrons. The van der Waals surface area contributed by atoms with E-state index in [9.17, 15) is 4.79 Å². The highest BCUT2D eigenvalue weighted by Crippen LogP contribution is 2.43. The summed E-state index contributed by atoms with van der Waals surface area (Å²) < 4.78 is 28.3. The van der Waals surface area contributed by atoms with Crippen LogP contribution in [0.3, 0.4) is 0 Å². The minimum absolute atomic E-state index is 0.0330. The quantitative estimate of drug-likeness (QED) is 0.411. The van der Waals surface area contributed by atoms with E-state index in [1.54, 1.807) is 14.2 Å². The summed E-state index contributed by atoms with van der Waals surface area (Å²) in [6.45, 7) is 1.68. The maximum Gasteiger partial charge on any atom is 0.260 e. The topological polar surface area (TPSA) is 79.4 Å². The van der Waals surface area contributed by atoms with Crippen molar-refractivity contribution >= 4 is 38.4 Å². The predicted molar refractivity (Wildman–Crippen MR) is 127 cm³/mol. The molecule has 0 unspecified atom stereocenters. The number of pyridine rings is 1. The Morgan fingerprint density at radius 2 is 1.62 bits per heavy atom. The Morgan fingerprint density at radius 1 is 0.912 bits per heavy atom. The van der Waals surface area contributed by atoms with Crippen molar-refractivity contribution in [2.24, 2.45) is 0 Å². The second-order valence-electron chi connectivity index (χ2n) is 8.43. The molecule has 0 bridgehead atoms. The van der Waals surface area contributed by atoms with Crippen LogP contribution in [0.25, 0.3) is 32.4 Å². The minimum Gasteiger partial charge on any atom is -0.493 e. The van der Waals surface area contributed by atoms with Crippen molar-refractivity contribution < 1.29 is 28.5 Å². The van der Waals surface area contributed by atoms with Gasteiger partial charge in [0, 0.05) is 34.6 Å². The number of hydrogen-bond donors (Lipinski definition) is 0. The molecule has 1 aromatic heterocycles. The van der Waals surface area contributed by atoms with Crippen molar-refractivity contribution in [2.45, 2.75) is 12.8 Å². The molecule has 8 nitrogen and oxygen atoms in total. The Morgan fingerprint density at radius 3 is 2.35 bits per heavy atom. The summed E-state index contributed by atoms with van der Waals surface area (Å²) in [6, 6.07) is 11.7. The first-order chi connectivity index (χ1) is 16.7. The summed E-state index contributed by atoms with van der Waals surface area (Å²) in [6.07, 6.45) is 2.06. The van der Waals surface area contributed by atoms with Crippen LogP contribution in [0.2, 0.25) is 0 Å². The third-order valence-corrected chi connectivity index (χ3v) is 6.53. The molecule has 0 saturated carbocycles. The molecule has 3 aromatic carbocycles. The lowest BCUT2D eigenvalue weighted by molar-refractivity contribution is -0.132. The molecule has 0 spiro atoms. The zero-order valence-corrected chi connectivity index (χ0v) is 19.1. The normalized spacial score (nSPS) is 14.8. The second kappa shape index (κ2) is 8.13. The molecule has 0 atom stereocenters. The number of carbonyl (C=O) groups is 1. The number of likely N-dealkylation sites (tertiary alicyclic amines) is 1. The number of fused-ring (bicyclic) bond motifs is 6. The molecule has 174 valence electrons. The van der Waals surface area contributed by atoms with Gasteiger partial charge < -0.3 is 28.6 Å². The summed E-state index contributed by atoms with van der Waals surface area (Å²) in [7, 11) is 3.20. The van der Waals surface area contributed by atoms with E-state index in [2.05, 4.69) is 0 Å². The highest BCUT2D eigenvalue weighted by molar-refractivity contribution is 6.17. The maximum absolute atomic E-state index is 12.7. The van der Waals surface area contributed by atoms with Gasteiger partial charge in [-0.2, -0.15) is 0 Å². The Bertz CT molecular complexity index is 1440. The summed E-state index contributed by atoms with van der Waals surface area (Å²) in [5.41, 5.74) is 0.749. The molecule has 3 heterocycles. The van der Waals surface area contributed by atoms with Crippen LogP contribution in [0.4, 0.5) is 0 Å². The predicted octanol–water partition coefficient (Wildman–Crippen LogP) is 4.29. The molecule has 1 saturated heterocycles. The molecule has 8 heteroatoms. The molecule has 4 aromatic rings. The van der Waals surface area contributed by atoms with Crippen molar-refractivity contribution in [1.29, 1.82) is 0 Å². The standard InChI is InChI=1S/C26H24N2O6/c1-30-20-11-18-16-6-5-15-9-22-23(34-14-33-22)10-17(15)25(16)27-26(19(18)12-21(20)31-2)32-13-24(29)28-7-3-4-8-28/h5-6,9-12H,3-4,7-8,13-14H2,1-2H3. The highest BCUT2D eigenvalue weighted by atomic mass is 16.7. The van der Waals surface area contributed by atoms with Crippen LogP contribution in [0.5, 0.6) is 28.9 Å². The molecule has 6 rings (SSSR count). The van der Waals surface area contributed by atoms with Crippen LogP contribution >= 0.6 is 0 Å². The molecule has 2 aliphatic rings. The van der Waals surface area contributed by atoms with Crippen molar-refractivity contribution in [3.05, 3.63) is 36.4 Å². The van der Waals surface area contributed by atoms with Crippen LogP contribution in [0, 0.1) is 0 Å². The average molecular weight is 460 g/mol. The van der Waals surface area contributed by atoms with Gasteiger partial charge in [0.1, 0.15) is 0 Å². The Balaban J connectivity index is 1.56. The van der Waals surface area contributed by atoms with E-state index in [4.69, 9.17) is 28.7 Å². The lowest BCUT2D eigenvalue weighted by Gasteiger charge is -2.17. The van der Waals surface area contributed by atoms with Crippen molar-refractivity contribution in [3.8, 4) is 28.9 Å². The van der Waals surface area contributed by atoms with E-state index in [0.717, 1.165) is 58.4 Å². The van der Waals surface area contributed by atoms with E-state index in [0.29, 0.717) is 28.9 Å². The van der Waals surface area contributed by atoms with E-state index in [1.165, 1.54) is 0 Å². The molecule has 34 heavy (non-hydrogen) atoms. The zero-order chi connectivity index (χ0) is 23.2. The van der Waals surface area contributed by atoms with Crippen LogP contribution < -0.4 is 23.7 Å². The number of amides is 1. The largest absolute Gasteiger partial charge is 0.493 e. The highest BCUT2D eigenvalue weighted by Gasteiger charge is 2.22. The third kappa shape index (κ3) is 3.29. The maximum atomic E-state index is 12.7. The fourth-order valence-electron chi connectivity index (χ4n) is 4.77. The Kier molecular flexibility index (Phi) is 4.94. The molecule has 2 aliphatic heterocycles. The number of carbonyl (C=O) groups excluding carboxylic acids is 1. The number of benzene rings is 3. The summed E-state index contributed by atoms with van der Waals surface area (Å²) in [5, 5.41) is 4.46. The van der Waals surface area contributed by atoms with Crippen molar-refractivity contribution in [2.75, 3.05) is 40.7 Å². The summed E-state index contributed by atoms with van der Waals surface area (Å²) >= 11 is 0. The van der Waals surface area contributed by atoms with Crippen molar-refractivity contribution in [1.82, 2.24) is 9.88 Å². The van der Waals surface area contributed by atoms with Gasteiger partial charge in [-0.1, -0.05) is 12.1 Å². The number of nitrogens with zero attached hydrogens (tertiary/aromatic N) is 2. The van der Waals surface area contributed by atoms with Gasteiger partial charge in [0.25, 0.3) is 5.91 Å². The Labute approximate surface area is 195 Å². The smallest absolute Gasteiger partial charge is 0.260 e. The van der Waals surface area contributed by atoms with Crippen LogP contribution in [0.1, 0.15) is 12.8 Å². The Hall–Kier alpha value is -3.94. The summed E-state index contributed by atoms with van der Waals surface area (Å²) in [5.74, 6) is 2.91. The van der Waals surface area contributed by atoms with Gasteiger partial charge in [-0.3, -0.25) is 4.79 Å². The second-order valence-corrected chi connectivity index (χ2v) is 8.43. The third-order valence-electron chi connectivity index (χ3n) is 6.53. The molecule has 0 N–H and O–H groups in total. The molecular weight excluding hydrogens is 436 g/mol. The fraction of sp³-hybridized carbons (Fsp3) is 0.308.